The van der Waals surface area contributed by atoms with Gasteiger partial charge in [0.05, 0.1) is 0 Å². The summed E-state index contributed by atoms with van der Waals surface area (Å²) in [5.41, 5.74) is 6.55. The maximum atomic E-state index is 12.8. The van der Waals surface area contributed by atoms with Crippen molar-refractivity contribution in [2.45, 2.75) is 26.2 Å². The number of carbonyl (C=O) groups is 1. The Kier molecular flexibility index (Phi) is 3.69. The van der Waals surface area contributed by atoms with Gasteiger partial charge in [-0.15, -0.1) is 0 Å². The zero-order chi connectivity index (χ0) is 18.5. The van der Waals surface area contributed by atoms with E-state index in [4.69, 9.17) is 0 Å². The number of nitrogens with zero attached hydrogens (tertiary/aromatic N) is 2. The number of aromatic nitrogens is 1. The lowest BCUT2D eigenvalue weighted by Crippen LogP contribution is -2.22. The Hall–Kier alpha value is -2.94. The van der Waals surface area contributed by atoms with Crippen LogP contribution in [-0.2, 0) is 5.41 Å². The Morgan fingerprint density at radius 2 is 1.81 bits per heavy atom. The number of rotatable bonds is 1. The van der Waals surface area contributed by atoms with Crippen molar-refractivity contribution in [1.29, 1.82) is 0 Å². The van der Waals surface area contributed by atoms with Gasteiger partial charge in [0, 0.05) is 40.7 Å². The number of aryl methyl sites for hydroxylation is 1. The van der Waals surface area contributed by atoms with Gasteiger partial charge in [0.25, 0.3) is 0 Å². The van der Waals surface area contributed by atoms with E-state index in [0.29, 0.717) is 11.3 Å². The molecule has 0 radical (unpaired) electrons. The van der Waals surface area contributed by atoms with Gasteiger partial charge in [0.2, 0.25) is 5.78 Å². The van der Waals surface area contributed by atoms with E-state index < -0.39 is 0 Å². The Balaban J connectivity index is 1.74. The number of allylic oxidation sites excluding steroid dienone is 5. The van der Waals surface area contributed by atoms with Gasteiger partial charge in [0.15, 0.2) is 0 Å². The lowest BCUT2D eigenvalue weighted by atomic mass is 9.83. The molecule has 26 heavy (non-hydrogen) atoms. The van der Waals surface area contributed by atoms with Crippen molar-refractivity contribution in [2.75, 3.05) is 11.9 Å². The van der Waals surface area contributed by atoms with Crippen molar-refractivity contribution in [3.05, 3.63) is 88.4 Å². The smallest absolute Gasteiger partial charge is 0.211 e. The second-order valence-electron chi connectivity index (χ2n) is 7.43. The lowest BCUT2D eigenvalue weighted by molar-refractivity contribution is 0.103. The zero-order valence-electron chi connectivity index (χ0n) is 15.6. The number of anilines is 1. The molecule has 2 heterocycles. The highest BCUT2D eigenvalue weighted by Crippen LogP contribution is 2.46. The van der Waals surface area contributed by atoms with E-state index in [1.54, 1.807) is 0 Å². The van der Waals surface area contributed by atoms with E-state index in [0.717, 1.165) is 11.3 Å². The fraction of sp³-hybridized carbons (Fsp3) is 0.217. The molecule has 3 heteroatoms. The third-order valence-corrected chi connectivity index (χ3v) is 5.35. The molecule has 1 aliphatic heterocycles. The summed E-state index contributed by atoms with van der Waals surface area (Å²) in [6, 6.07) is 12.3. The maximum Gasteiger partial charge on any atom is 0.211 e. The van der Waals surface area contributed by atoms with Crippen LogP contribution in [0.15, 0.2) is 65.9 Å². The second-order valence-corrected chi connectivity index (χ2v) is 7.43. The van der Waals surface area contributed by atoms with Crippen LogP contribution in [0.3, 0.4) is 0 Å². The fourth-order valence-corrected chi connectivity index (χ4v) is 3.88. The molecule has 4 rings (SSSR count). The normalized spacial score (nSPS) is 20.6. The molecule has 3 nitrogen and oxygen atoms in total. The monoisotopic (exact) mass is 342 g/mol. The molecule has 130 valence electrons. The lowest BCUT2D eigenvalue weighted by Gasteiger charge is -2.24. The average Bonchev–Trinajstić information content (AvgIpc) is 2.82. The minimum atomic E-state index is -0.101. The van der Waals surface area contributed by atoms with Gasteiger partial charge in [-0.05, 0) is 36.8 Å². The number of fused-ring (bicyclic) bond motifs is 2. The Morgan fingerprint density at radius 3 is 2.58 bits per heavy atom. The zero-order valence-corrected chi connectivity index (χ0v) is 15.6. The first kappa shape index (κ1) is 16.5. The number of para-hydroxylation sites is 1. The average molecular weight is 342 g/mol. The van der Waals surface area contributed by atoms with Crippen molar-refractivity contribution in [1.82, 2.24) is 4.98 Å². The quantitative estimate of drug-likeness (QED) is 0.696. The fourth-order valence-electron chi connectivity index (χ4n) is 3.88. The molecule has 0 unspecified atom stereocenters. The molecule has 1 aromatic heterocycles. The number of hydrogen-bond acceptors (Lipinski definition) is 3. The molecule has 0 amide bonds. The summed E-state index contributed by atoms with van der Waals surface area (Å²) in [6.45, 7) is 6.35. The van der Waals surface area contributed by atoms with Gasteiger partial charge in [-0.1, -0.05) is 50.3 Å². The van der Waals surface area contributed by atoms with Crippen molar-refractivity contribution in [3.63, 3.8) is 0 Å². The van der Waals surface area contributed by atoms with Gasteiger partial charge in [-0.3, -0.25) is 4.79 Å². The molecule has 0 fully saturated rings. The first-order chi connectivity index (χ1) is 12.4. The van der Waals surface area contributed by atoms with Crippen molar-refractivity contribution in [2.24, 2.45) is 0 Å². The number of likely N-dealkylation sites (N-methyl/N-ethyl adjacent to an activating group) is 1. The Morgan fingerprint density at radius 1 is 1.04 bits per heavy atom. The minimum Gasteiger partial charge on any atom is -0.347 e. The molecule has 0 bridgehead atoms. The van der Waals surface area contributed by atoms with E-state index in [1.807, 2.05) is 37.3 Å². The van der Waals surface area contributed by atoms with Crippen LogP contribution in [0.4, 0.5) is 5.69 Å². The SMILES string of the molecule is Cc1ccc2c(n1)C(=O)C(=CC=C1N(C)c3ccccc3C1(C)C)C=C2. The number of ketones is 1. The predicted octanol–water partition coefficient (Wildman–Crippen LogP) is 4.84. The number of carbonyl (C=O) groups excluding carboxylic acids is 1. The summed E-state index contributed by atoms with van der Waals surface area (Å²) in [5, 5.41) is 0. The molecule has 0 atom stereocenters. The topological polar surface area (TPSA) is 33.2 Å². The molecule has 2 aliphatic rings. The summed E-state index contributed by atoms with van der Waals surface area (Å²) in [5.74, 6) is -0.0148. The molecule has 1 aromatic carbocycles. The standard InChI is InChI=1S/C23H22N2O/c1-15-9-10-16-11-12-17(22(26)21(16)24-15)13-14-20-23(2,3)18-7-5-6-8-19(18)25(20)4/h5-14H,1-4H3. The van der Waals surface area contributed by atoms with E-state index >= 15 is 0 Å². The van der Waals surface area contributed by atoms with E-state index in [9.17, 15) is 4.79 Å². The number of benzene rings is 1. The van der Waals surface area contributed by atoms with E-state index in [-0.39, 0.29) is 11.2 Å². The molecule has 0 N–H and O–H groups in total. The summed E-state index contributed by atoms with van der Waals surface area (Å²) in [6.07, 6.45) is 7.84. The van der Waals surface area contributed by atoms with E-state index in [1.165, 1.54) is 16.9 Å². The summed E-state index contributed by atoms with van der Waals surface area (Å²) >= 11 is 0. The van der Waals surface area contributed by atoms with Crippen molar-refractivity contribution < 1.29 is 4.79 Å². The van der Waals surface area contributed by atoms with Crippen molar-refractivity contribution in [3.8, 4) is 0 Å². The third-order valence-electron chi connectivity index (χ3n) is 5.35. The molecular weight excluding hydrogens is 320 g/mol. The van der Waals surface area contributed by atoms with Crippen LogP contribution in [0.5, 0.6) is 0 Å². The third kappa shape index (κ3) is 2.43. The first-order valence-electron chi connectivity index (χ1n) is 8.86. The van der Waals surface area contributed by atoms with Gasteiger partial charge in [-0.25, -0.2) is 4.98 Å². The molecule has 1 aliphatic carbocycles. The summed E-state index contributed by atoms with van der Waals surface area (Å²) in [4.78, 5) is 19.4. The van der Waals surface area contributed by atoms with Crippen LogP contribution in [-0.4, -0.2) is 17.8 Å². The molecule has 2 aromatic rings. The number of Topliss-reactive ketones (excluding diaryl/α,β-unsaturated/α-hetero) is 1. The molecule has 0 saturated heterocycles. The van der Waals surface area contributed by atoms with Crippen LogP contribution in [0.1, 0.15) is 41.2 Å². The highest BCUT2D eigenvalue weighted by atomic mass is 16.1. The number of hydrogen-bond donors (Lipinski definition) is 0. The van der Waals surface area contributed by atoms with Crippen LogP contribution in [0.25, 0.3) is 6.08 Å². The van der Waals surface area contributed by atoms with Gasteiger partial charge >= 0.3 is 0 Å². The highest BCUT2D eigenvalue weighted by molar-refractivity contribution is 6.14. The van der Waals surface area contributed by atoms with Gasteiger partial charge in [-0.2, -0.15) is 0 Å². The molecule has 0 spiro atoms. The van der Waals surface area contributed by atoms with Crippen LogP contribution in [0.2, 0.25) is 0 Å². The molecule has 0 saturated carbocycles. The summed E-state index contributed by atoms with van der Waals surface area (Å²) < 4.78 is 0. The minimum absolute atomic E-state index is 0.0148. The largest absolute Gasteiger partial charge is 0.347 e. The Labute approximate surface area is 154 Å². The maximum absolute atomic E-state index is 12.8. The van der Waals surface area contributed by atoms with Crippen LogP contribution in [0, 0.1) is 6.92 Å². The van der Waals surface area contributed by atoms with Crippen LogP contribution >= 0.6 is 0 Å². The van der Waals surface area contributed by atoms with Gasteiger partial charge in [0.1, 0.15) is 5.69 Å². The van der Waals surface area contributed by atoms with Crippen molar-refractivity contribution >= 4 is 17.5 Å². The second kappa shape index (κ2) is 5.80. The predicted molar refractivity (Wildman–Crippen MR) is 106 cm³/mol. The van der Waals surface area contributed by atoms with Crippen LogP contribution < -0.4 is 4.90 Å². The number of pyridine rings is 1. The Bertz CT molecular complexity index is 1010. The van der Waals surface area contributed by atoms with Gasteiger partial charge < -0.3 is 4.90 Å². The van der Waals surface area contributed by atoms with E-state index in [2.05, 4.69) is 61.1 Å². The highest BCUT2D eigenvalue weighted by Gasteiger charge is 2.37. The molecular formula is C23H22N2O. The summed E-state index contributed by atoms with van der Waals surface area (Å²) in [7, 11) is 2.08. The first-order valence-corrected chi connectivity index (χ1v) is 8.86.